The first-order chi connectivity index (χ1) is 9.19. The van der Waals surface area contributed by atoms with Gasteiger partial charge in [0.25, 0.3) is 0 Å². The molecule has 0 unspecified atom stereocenters. The van der Waals surface area contributed by atoms with Gasteiger partial charge in [0.2, 0.25) is 5.91 Å². The Morgan fingerprint density at radius 2 is 1.79 bits per heavy atom. The summed E-state index contributed by atoms with van der Waals surface area (Å²) in [5, 5.41) is 12.8. The lowest BCUT2D eigenvalue weighted by Crippen LogP contribution is -2.54. The normalized spacial score (nSPS) is 30.8. The maximum Gasteiger partial charge on any atom is 0.223 e. The van der Waals surface area contributed by atoms with Crippen molar-refractivity contribution in [2.45, 2.75) is 63.3 Å². The summed E-state index contributed by atoms with van der Waals surface area (Å²) in [5.74, 6) is 0.894. The first kappa shape index (κ1) is 14.8. The van der Waals surface area contributed by atoms with Crippen LogP contribution in [0.25, 0.3) is 0 Å². The number of rotatable bonds is 4. The van der Waals surface area contributed by atoms with E-state index in [9.17, 15) is 9.90 Å². The Bertz CT molecular complexity index is 293. The molecule has 4 heteroatoms. The van der Waals surface area contributed by atoms with Crippen LogP contribution in [0, 0.1) is 11.8 Å². The lowest BCUT2D eigenvalue weighted by Gasteiger charge is -2.38. The zero-order chi connectivity index (χ0) is 13.7. The molecule has 0 aromatic carbocycles. The van der Waals surface area contributed by atoms with Gasteiger partial charge in [-0.25, -0.2) is 0 Å². The molecule has 110 valence electrons. The number of nitrogens with one attached hydrogen (secondary N) is 1. The summed E-state index contributed by atoms with van der Waals surface area (Å²) in [5.41, 5.74) is 5.35. The molecule has 0 heterocycles. The summed E-state index contributed by atoms with van der Waals surface area (Å²) in [6.07, 6.45) is 9.34. The Morgan fingerprint density at radius 1 is 1.16 bits per heavy atom. The van der Waals surface area contributed by atoms with Crippen molar-refractivity contribution in [2.75, 3.05) is 13.2 Å². The highest BCUT2D eigenvalue weighted by molar-refractivity contribution is 5.79. The molecule has 0 aromatic rings. The zero-order valence-corrected chi connectivity index (χ0v) is 11.9. The zero-order valence-electron chi connectivity index (χ0n) is 11.9. The number of hydrogen-bond donors (Lipinski definition) is 3. The van der Waals surface area contributed by atoms with Crippen molar-refractivity contribution in [1.29, 1.82) is 0 Å². The summed E-state index contributed by atoms with van der Waals surface area (Å²) in [7, 11) is 0. The second kappa shape index (κ2) is 6.71. The number of carbonyl (C=O) groups excluding carboxylic acids is 1. The molecule has 19 heavy (non-hydrogen) atoms. The van der Waals surface area contributed by atoms with Gasteiger partial charge in [-0.1, -0.05) is 19.3 Å². The number of aliphatic hydroxyl groups is 1. The Hall–Kier alpha value is -0.610. The summed E-state index contributed by atoms with van der Waals surface area (Å²) >= 11 is 0. The van der Waals surface area contributed by atoms with Crippen LogP contribution in [-0.2, 0) is 4.79 Å². The SMILES string of the molecule is NCC1CCC(C(=O)NC2(CO)CCCCC2)CC1. The van der Waals surface area contributed by atoms with Crippen molar-refractivity contribution in [3.8, 4) is 0 Å². The number of aliphatic hydroxyl groups excluding tert-OH is 1. The monoisotopic (exact) mass is 268 g/mol. The van der Waals surface area contributed by atoms with Crippen molar-refractivity contribution in [3.63, 3.8) is 0 Å². The van der Waals surface area contributed by atoms with Gasteiger partial charge in [0, 0.05) is 5.92 Å². The van der Waals surface area contributed by atoms with Gasteiger partial charge in [0.1, 0.15) is 0 Å². The number of hydrogen-bond acceptors (Lipinski definition) is 3. The summed E-state index contributed by atoms with van der Waals surface area (Å²) in [4.78, 5) is 12.4. The summed E-state index contributed by atoms with van der Waals surface area (Å²) in [6, 6.07) is 0. The molecule has 2 rings (SSSR count). The molecule has 2 aliphatic rings. The lowest BCUT2D eigenvalue weighted by atomic mass is 9.79. The first-order valence-corrected chi connectivity index (χ1v) is 7.82. The topological polar surface area (TPSA) is 75.4 Å². The van der Waals surface area contributed by atoms with Gasteiger partial charge in [-0.05, 0) is 51.0 Å². The molecule has 2 aliphatic carbocycles. The van der Waals surface area contributed by atoms with E-state index in [0.717, 1.165) is 57.9 Å². The molecular formula is C15H28N2O2. The van der Waals surface area contributed by atoms with E-state index in [4.69, 9.17) is 5.73 Å². The Labute approximate surface area is 116 Å². The van der Waals surface area contributed by atoms with Crippen LogP contribution >= 0.6 is 0 Å². The van der Waals surface area contributed by atoms with E-state index in [1.165, 1.54) is 6.42 Å². The maximum atomic E-state index is 12.4. The van der Waals surface area contributed by atoms with Crippen molar-refractivity contribution in [3.05, 3.63) is 0 Å². The van der Waals surface area contributed by atoms with Crippen LogP contribution < -0.4 is 11.1 Å². The number of nitrogens with two attached hydrogens (primary N) is 1. The highest BCUT2D eigenvalue weighted by atomic mass is 16.3. The summed E-state index contributed by atoms with van der Waals surface area (Å²) < 4.78 is 0. The standard InChI is InChI=1S/C15H28N2O2/c16-10-12-4-6-13(7-5-12)14(19)17-15(11-18)8-2-1-3-9-15/h12-13,18H,1-11,16H2,(H,17,19). The van der Waals surface area contributed by atoms with E-state index < -0.39 is 0 Å². The fourth-order valence-electron chi connectivity index (χ4n) is 3.57. The van der Waals surface area contributed by atoms with Crippen molar-refractivity contribution >= 4 is 5.91 Å². The largest absolute Gasteiger partial charge is 0.394 e. The highest BCUT2D eigenvalue weighted by Gasteiger charge is 2.35. The molecule has 0 aromatic heterocycles. The predicted octanol–water partition coefficient (Wildman–Crippen LogP) is 1.56. The van der Waals surface area contributed by atoms with Crippen LogP contribution in [-0.4, -0.2) is 29.7 Å². The van der Waals surface area contributed by atoms with Gasteiger partial charge in [-0.15, -0.1) is 0 Å². The first-order valence-electron chi connectivity index (χ1n) is 7.82. The van der Waals surface area contributed by atoms with Crippen LogP contribution in [0.3, 0.4) is 0 Å². The number of amides is 1. The smallest absolute Gasteiger partial charge is 0.223 e. The molecular weight excluding hydrogens is 240 g/mol. The van der Waals surface area contributed by atoms with Gasteiger partial charge in [-0.2, -0.15) is 0 Å². The molecule has 0 bridgehead atoms. The third-order valence-electron chi connectivity index (χ3n) is 5.05. The van der Waals surface area contributed by atoms with Gasteiger partial charge < -0.3 is 16.2 Å². The quantitative estimate of drug-likeness (QED) is 0.724. The Balaban J connectivity index is 1.86. The fourth-order valence-corrected chi connectivity index (χ4v) is 3.57. The highest BCUT2D eigenvalue weighted by Crippen LogP contribution is 2.31. The van der Waals surface area contributed by atoms with E-state index in [1.807, 2.05) is 0 Å². The average molecular weight is 268 g/mol. The fraction of sp³-hybridized carbons (Fsp3) is 0.933. The Morgan fingerprint density at radius 3 is 2.32 bits per heavy atom. The average Bonchev–Trinajstić information content (AvgIpc) is 2.48. The third kappa shape index (κ3) is 3.69. The molecule has 4 nitrogen and oxygen atoms in total. The minimum atomic E-state index is -0.333. The van der Waals surface area contributed by atoms with Crippen LogP contribution in [0.5, 0.6) is 0 Å². The second-order valence-corrected chi connectivity index (χ2v) is 6.44. The molecule has 1 amide bonds. The van der Waals surface area contributed by atoms with Crippen LogP contribution in [0.4, 0.5) is 0 Å². The minimum Gasteiger partial charge on any atom is -0.394 e. The van der Waals surface area contributed by atoms with E-state index in [1.54, 1.807) is 0 Å². The van der Waals surface area contributed by atoms with Crippen LogP contribution in [0.15, 0.2) is 0 Å². The molecule has 2 saturated carbocycles. The maximum absolute atomic E-state index is 12.4. The van der Waals surface area contributed by atoms with Crippen molar-refractivity contribution in [1.82, 2.24) is 5.32 Å². The molecule has 0 spiro atoms. The molecule has 4 N–H and O–H groups in total. The van der Waals surface area contributed by atoms with Crippen molar-refractivity contribution < 1.29 is 9.90 Å². The summed E-state index contributed by atoms with van der Waals surface area (Å²) in [6.45, 7) is 0.825. The molecule has 2 fully saturated rings. The van der Waals surface area contributed by atoms with Gasteiger partial charge >= 0.3 is 0 Å². The van der Waals surface area contributed by atoms with Crippen LogP contribution in [0.2, 0.25) is 0 Å². The lowest BCUT2D eigenvalue weighted by molar-refractivity contribution is -0.129. The molecule has 0 radical (unpaired) electrons. The van der Waals surface area contributed by atoms with Gasteiger partial charge in [0.05, 0.1) is 12.1 Å². The second-order valence-electron chi connectivity index (χ2n) is 6.44. The van der Waals surface area contributed by atoms with E-state index in [2.05, 4.69) is 5.32 Å². The molecule has 0 saturated heterocycles. The minimum absolute atomic E-state index is 0.0802. The van der Waals surface area contributed by atoms with E-state index >= 15 is 0 Å². The molecule has 0 atom stereocenters. The van der Waals surface area contributed by atoms with Gasteiger partial charge in [-0.3, -0.25) is 4.79 Å². The Kier molecular flexibility index (Phi) is 5.22. The third-order valence-corrected chi connectivity index (χ3v) is 5.05. The number of carbonyl (C=O) groups is 1. The van der Waals surface area contributed by atoms with E-state index in [0.29, 0.717) is 5.92 Å². The predicted molar refractivity (Wildman–Crippen MR) is 75.5 cm³/mol. The molecule has 0 aliphatic heterocycles. The van der Waals surface area contributed by atoms with Gasteiger partial charge in [0.15, 0.2) is 0 Å². The van der Waals surface area contributed by atoms with Crippen LogP contribution in [0.1, 0.15) is 57.8 Å². The van der Waals surface area contributed by atoms with E-state index in [-0.39, 0.29) is 24.0 Å². The van der Waals surface area contributed by atoms with Crippen molar-refractivity contribution in [2.24, 2.45) is 17.6 Å².